The van der Waals surface area contributed by atoms with Crippen LogP contribution in [-0.2, 0) is 9.59 Å². The van der Waals surface area contributed by atoms with Crippen LogP contribution in [0.2, 0.25) is 0 Å². The lowest BCUT2D eigenvalue weighted by Crippen LogP contribution is -2.39. The van der Waals surface area contributed by atoms with Gasteiger partial charge in [0, 0.05) is 26.1 Å². The molecule has 1 fully saturated rings. The van der Waals surface area contributed by atoms with Gasteiger partial charge in [-0.3, -0.25) is 9.59 Å². The number of hydrogen-bond donors (Lipinski definition) is 2. The molecule has 0 saturated carbocycles. The topological polar surface area (TPSA) is 69.6 Å². The van der Waals surface area contributed by atoms with Crippen LogP contribution in [0, 0.1) is 11.3 Å². The number of aliphatic hydroxyl groups excluding tert-OH is 1. The predicted octanol–water partition coefficient (Wildman–Crippen LogP) is 2.12. The van der Waals surface area contributed by atoms with E-state index in [1.807, 2.05) is 51.1 Å². The van der Waals surface area contributed by atoms with Gasteiger partial charge >= 0.3 is 0 Å². The second-order valence-electron chi connectivity index (χ2n) is 7.39. The van der Waals surface area contributed by atoms with Crippen molar-refractivity contribution in [1.82, 2.24) is 10.2 Å². The summed E-state index contributed by atoms with van der Waals surface area (Å²) in [6.45, 7) is 7.08. The number of benzene rings is 1. The summed E-state index contributed by atoms with van der Waals surface area (Å²) in [5, 5.41) is 12.0. The van der Waals surface area contributed by atoms with E-state index in [9.17, 15) is 9.59 Å². The quantitative estimate of drug-likeness (QED) is 0.803. The van der Waals surface area contributed by atoms with Crippen LogP contribution in [0.15, 0.2) is 30.3 Å². The summed E-state index contributed by atoms with van der Waals surface area (Å²) >= 11 is 0. The third-order valence-corrected chi connectivity index (χ3v) is 4.81. The van der Waals surface area contributed by atoms with Gasteiger partial charge in [0.05, 0.1) is 12.0 Å². The van der Waals surface area contributed by atoms with E-state index in [-0.39, 0.29) is 42.2 Å². The predicted molar refractivity (Wildman–Crippen MR) is 93.2 cm³/mol. The first kappa shape index (κ1) is 18.5. The second kappa shape index (κ2) is 7.79. The van der Waals surface area contributed by atoms with Crippen molar-refractivity contribution in [1.29, 1.82) is 0 Å². The monoisotopic (exact) mass is 332 g/mol. The molecule has 0 radical (unpaired) electrons. The van der Waals surface area contributed by atoms with E-state index in [0.29, 0.717) is 19.5 Å². The van der Waals surface area contributed by atoms with E-state index in [1.165, 1.54) is 0 Å². The van der Waals surface area contributed by atoms with Crippen molar-refractivity contribution in [2.24, 2.45) is 11.3 Å². The molecule has 0 aliphatic carbocycles. The molecule has 5 heteroatoms. The maximum absolute atomic E-state index is 12.4. The molecule has 24 heavy (non-hydrogen) atoms. The number of carbonyl (C=O) groups excluding carboxylic acids is 2. The summed E-state index contributed by atoms with van der Waals surface area (Å²) < 4.78 is 0. The lowest BCUT2D eigenvalue weighted by atomic mass is 9.89. The Morgan fingerprint density at radius 1 is 1.38 bits per heavy atom. The molecule has 1 saturated heterocycles. The van der Waals surface area contributed by atoms with Crippen molar-refractivity contribution in [3.8, 4) is 0 Å². The number of likely N-dealkylation sites (tertiary alicyclic amines) is 1. The van der Waals surface area contributed by atoms with Crippen molar-refractivity contribution in [2.75, 3.05) is 19.7 Å². The molecule has 2 amide bonds. The lowest BCUT2D eigenvalue weighted by Gasteiger charge is -2.26. The Kier molecular flexibility index (Phi) is 5.99. The molecule has 1 heterocycles. The highest BCUT2D eigenvalue weighted by Crippen LogP contribution is 2.28. The molecule has 1 aliphatic rings. The molecule has 0 bridgehead atoms. The lowest BCUT2D eigenvalue weighted by molar-refractivity contribution is -0.130. The van der Waals surface area contributed by atoms with Crippen LogP contribution < -0.4 is 5.32 Å². The SMILES string of the molecule is CC(c1ccccc1)N1CC(C(=O)NCC(C)(C)CCO)CC1=O. The van der Waals surface area contributed by atoms with Crippen LogP contribution in [-0.4, -0.2) is 41.5 Å². The Morgan fingerprint density at radius 3 is 2.67 bits per heavy atom. The summed E-state index contributed by atoms with van der Waals surface area (Å²) in [7, 11) is 0. The zero-order chi connectivity index (χ0) is 17.7. The number of rotatable bonds is 7. The van der Waals surface area contributed by atoms with Gasteiger partial charge in [0.2, 0.25) is 11.8 Å². The molecule has 2 N–H and O–H groups in total. The van der Waals surface area contributed by atoms with Gasteiger partial charge in [-0.15, -0.1) is 0 Å². The summed E-state index contributed by atoms with van der Waals surface area (Å²) in [6, 6.07) is 9.85. The van der Waals surface area contributed by atoms with Gasteiger partial charge in [0.1, 0.15) is 0 Å². The first-order valence-electron chi connectivity index (χ1n) is 8.57. The van der Waals surface area contributed by atoms with Gasteiger partial charge in [0.15, 0.2) is 0 Å². The standard InChI is InChI=1S/C19H28N2O3/c1-14(15-7-5-4-6-8-15)21-12-16(11-17(21)23)18(24)20-13-19(2,3)9-10-22/h4-8,14,16,22H,9-13H2,1-3H3,(H,20,24). The van der Waals surface area contributed by atoms with Gasteiger partial charge in [0.25, 0.3) is 0 Å². The van der Waals surface area contributed by atoms with Crippen LogP contribution in [0.5, 0.6) is 0 Å². The molecule has 0 spiro atoms. The molecule has 0 aromatic heterocycles. The fraction of sp³-hybridized carbons (Fsp3) is 0.579. The minimum atomic E-state index is -0.298. The molecule has 2 rings (SSSR count). The molecular formula is C19H28N2O3. The Balaban J connectivity index is 1.93. The van der Waals surface area contributed by atoms with Crippen LogP contribution in [0.25, 0.3) is 0 Å². The van der Waals surface area contributed by atoms with Gasteiger partial charge < -0.3 is 15.3 Å². The Labute approximate surface area is 144 Å². The van der Waals surface area contributed by atoms with E-state index in [1.54, 1.807) is 4.90 Å². The number of nitrogens with zero attached hydrogens (tertiary/aromatic N) is 1. The number of hydrogen-bond acceptors (Lipinski definition) is 3. The van der Waals surface area contributed by atoms with E-state index < -0.39 is 0 Å². The van der Waals surface area contributed by atoms with Crippen molar-refractivity contribution < 1.29 is 14.7 Å². The Bertz CT molecular complexity index is 571. The van der Waals surface area contributed by atoms with Gasteiger partial charge in [-0.2, -0.15) is 0 Å². The number of nitrogens with one attached hydrogen (secondary N) is 1. The molecule has 2 atom stereocenters. The van der Waals surface area contributed by atoms with Crippen LogP contribution in [0.4, 0.5) is 0 Å². The third kappa shape index (κ3) is 4.57. The second-order valence-corrected chi connectivity index (χ2v) is 7.39. The van der Waals surface area contributed by atoms with E-state index in [2.05, 4.69) is 5.32 Å². The smallest absolute Gasteiger partial charge is 0.225 e. The van der Waals surface area contributed by atoms with Crippen LogP contribution >= 0.6 is 0 Å². The maximum Gasteiger partial charge on any atom is 0.225 e. The fourth-order valence-electron chi connectivity index (χ4n) is 3.05. The van der Waals surface area contributed by atoms with Crippen LogP contribution in [0.3, 0.4) is 0 Å². The molecule has 132 valence electrons. The summed E-state index contributed by atoms with van der Waals surface area (Å²) in [5.41, 5.74) is 0.931. The highest BCUT2D eigenvalue weighted by atomic mass is 16.3. The van der Waals surface area contributed by atoms with Gasteiger partial charge in [-0.25, -0.2) is 0 Å². The van der Waals surface area contributed by atoms with Gasteiger partial charge in [-0.1, -0.05) is 44.2 Å². The number of carbonyl (C=O) groups is 2. The first-order valence-corrected chi connectivity index (χ1v) is 8.57. The highest BCUT2D eigenvalue weighted by Gasteiger charge is 2.37. The average Bonchev–Trinajstić information content (AvgIpc) is 2.95. The van der Waals surface area contributed by atoms with Crippen LogP contribution in [0.1, 0.15) is 45.2 Å². The average molecular weight is 332 g/mol. The molecule has 5 nitrogen and oxygen atoms in total. The maximum atomic E-state index is 12.4. The largest absolute Gasteiger partial charge is 0.396 e. The summed E-state index contributed by atoms with van der Waals surface area (Å²) in [5.74, 6) is -0.341. The summed E-state index contributed by atoms with van der Waals surface area (Å²) in [6.07, 6.45) is 0.900. The minimum absolute atomic E-state index is 0.0256. The van der Waals surface area contributed by atoms with Crippen molar-refractivity contribution in [3.05, 3.63) is 35.9 Å². The van der Waals surface area contributed by atoms with E-state index in [4.69, 9.17) is 5.11 Å². The third-order valence-electron chi connectivity index (χ3n) is 4.81. The van der Waals surface area contributed by atoms with E-state index in [0.717, 1.165) is 5.56 Å². The fourth-order valence-corrected chi connectivity index (χ4v) is 3.05. The zero-order valence-corrected chi connectivity index (χ0v) is 14.8. The van der Waals surface area contributed by atoms with Crippen molar-refractivity contribution in [2.45, 2.75) is 39.7 Å². The number of aliphatic hydroxyl groups is 1. The Morgan fingerprint density at radius 2 is 2.04 bits per heavy atom. The molecular weight excluding hydrogens is 304 g/mol. The summed E-state index contributed by atoms with van der Waals surface area (Å²) in [4.78, 5) is 26.5. The molecule has 1 aromatic rings. The molecule has 1 aliphatic heterocycles. The normalized spacial score (nSPS) is 19.4. The van der Waals surface area contributed by atoms with Crippen molar-refractivity contribution >= 4 is 11.8 Å². The molecule has 1 aromatic carbocycles. The zero-order valence-electron chi connectivity index (χ0n) is 14.8. The highest BCUT2D eigenvalue weighted by molar-refractivity contribution is 5.89. The Hall–Kier alpha value is -1.88. The minimum Gasteiger partial charge on any atom is -0.396 e. The van der Waals surface area contributed by atoms with Gasteiger partial charge in [-0.05, 0) is 24.3 Å². The van der Waals surface area contributed by atoms with E-state index >= 15 is 0 Å². The van der Waals surface area contributed by atoms with Crippen molar-refractivity contribution in [3.63, 3.8) is 0 Å². The number of amides is 2. The molecule has 2 unspecified atom stereocenters. The first-order chi connectivity index (χ1) is 11.3.